The summed E-state index contributed by atoms with van der Waals surface area (Å²) in [4.78, 5) is 24.0. The van der Waals surface area contributed by atoms with Crippen molar-refractivity contribution in [2.75, 3.05) is 13.2 Å². The van der Waals surface area contributed by atoms with Gasteiger partial charge < -0.3 is 14.2 Å². The molecule has 0 aromatic rings. The molecular formula is C14H24O5. The van der Waals surface area contributed by atoms with E-state index in [2.05, 4.69) is 0 Å². The first kappa shape index (κ1) is 16.0. The lowest BCUT2D eigenvalue weighted by Gasteiger charge is -2.20. The third-order valence-electron chi connectivity index (χ3n) is 2.87. The Balaban J connectivity index is 2.65. The second-order valence-corrected chi connectivity index (χ2v) is 5.49. The van der Waals surface area contributed by atoms with Crippen molar-refractivity contribution in [3.8, 4) is 0 Å². The fourth-order valence-electron chi connectivity index (χ4n) is 2.02. The number of carbonyl (C=O) groups excluding carboxylic acids is 2. The highest BCUT2D eigenvalue weighted by Crippen LogP contribution is 2.24. The minimum atomic E-state index is -0.837. The zero-order valence-electron chi connectivity index (χ0n) is 12.2. The van der Waals surface area contributed by atoms with Gasteiger partial charge in [-0.1, -0.05) is 0 Å². The average Bonchev–Trinajstić information content (AvgIpc) is 2.76. The van der Waals surface area contributed by atoms with E-state index in [4.69, 9.17) is 14.2 Å². The molecule has 1 aliphatic heterocycles. The molecule has 1 aliphatic rings. The standard InChI is InChI=1S/C14H24O5/c1-9(2)18-13(15)12(14(16)19-10(3)4)7-11-5-6-17-8-11/h9-12H,5-8H2,1-4H3. The van der Waals surface area contributed by atoms with Crippen LogP contribution in [0.4, 0.5) is 0 Å². The molecular weight excluding hydrogens is 248 g/mol. The minimum absolute atomic E-state index is 0.226. The van der Waals surface area contributed by atoms with Crippen LogP contribution in [0.15, 0.2) is 0 Å². The first-order chi connectivity index (χ1) is 8.90. The van der Waals surface area contributed by atoms with Crippen molar-refractivity contribution in [1.29, 1.82) is 0 Å². The van der Waals surface area contributed by atoms with Crippen LogP contribution in [-0.4, -0.2) is 37.4 Å². The van der Waals surface area contributed by atoms with Gasteiger partial charge in [-0.15, -0.1) is 0 Å². The van der Waals surface area contributed by atoms with Crippen LogP contribution in [-0.2, 0) is 23.8 Å². The zero-order valence-corrected chi connectivity index (χ0v) is 12.2. The van der Waals surface area contributed by atoms with Gasteiger partial charge in [-0.25, -0.2) is 0 Å². The van der Waals surface area contributed by atoms with E-state index in [0.29, 0.717) is 19.6 Å². The Labute approximate surface area is 114 Å². The van der Waals surface area contributed by atoms with E-state index in [1.54, 1.807) is 27.7 Å². The molecule has 0 radical (unpaired) electrons. The topological polar surface area (TPSA) is 61.8 Å². The molecule has 5 heteroatoms. The van der Waals surface area contributed by atoms with Gasteiger partial charge in [-0.3, -0.25) is 9.59 Å². The van der Waals surface area contributed by atoms with E-state index in [1.165, 1.54) is 0 Å². The fourth-order valence-corrected chi connectivity index (χ4v) is 2.02. The monoisotopic (exact) mass is 272 g/mol. The lowest BCUT2D eigenvalue weighted by molar-refractivity contribution is -0.167. The number of rotatable bonds is 6. The van der Waals surface area contributed by atoms with Crippen LogP contribution in [0.1, 0.15) is 40.5 Å². The first-order valence-electron chi connectivity index (χ1n) is 6.88. The molecule has 0 N–H and O–H groups in total. The molecule has 1 rings (SSSR count). The molecule has 1 fully saturated rings. The van der Waals surface area contributed by atoms with Gasteiger partial charge in [0.25, 0.3) is 0 Å². The molecule has 0 aromatic heterocycles. The SMILES string of the molecule is CC(C)OC(=O)C(CC1CCOC1)C(=O)OC(C)C. The molecule has 0 aliphatic carbocycles. The second-order valence-electron chi connectivity index (χ2n) is 5.49. The molecule has 0 saturated carbocycles. The van der Waals surface area contributed by atoms with Crippen molar-refractivity contribution in [1.82, 2.24) is 0 Å². The Morgan fingerprint density at radius 3 is 2.00 bits per heavy atom. The van der Waals surface area contributed by atoms with E-state index in [0.717, 1.165) is 6.42 Å². The molecule has 19 heavy (non-hydrogen) atoms. The van der Waals surface area contributed by atoms with Gasteiger partial charge in [0.15, 0.2) is 5.92 Å². The summed E-state index contributed by atoms with van der Waals surface area (Å²) >= 11 is 0. The molecule has 0 spiro atoms. The van der Waals surface area contributed by atoms with E-state index in [9.17, 15) is 9.59 Å². The largest absolute Gasteiger partial charge is 0.462 e. The summed E-state index contributed by atoms with van der Waals surface area (Å²) in [7, 11) is 0. The van der Waals surface area contributed by atoms with Crippen LogP contribution >= 0.6 is 0 Å². The minimum Gasteiger partial charge on any atom is -0.462 e. The van der Waals surface area contributed by atoms with Crippen molar-refractivity contribution < 1.29 is 23.8 Å². The maximum absolute atomic E-state index is 12.0. The Morgan fingerprint density at radius 1 is 1.11 bits per heavy atom. The molecule has 1 atom stereocenters. The summed E-state index contributed by atoms with van der Waals surface area (Å²) in [5.41, 5.74) is 0. The number of ether oxygens (including phenoxy) is 3. The Bertz CT molecular complexity index is 283. The average molecular weight is 272 g/mol. The van der Waals surface area contributed by atoms with Gasteiger partial charge in [0, 0.05) is 13.2 Å². The Morgan fingerprint density at radius 2 is 1.63 bits per heavy atom. The van der Waals surface area contributed by atoms with Crippen molar-refractivity contribution in [3.05, 3.63) is 0 Å². The highest BCUT2D eigenvalue weighted by molar-refractivity contribution is 5.95. The third-order valence-corrected chi connectivity index (χ3v) is 2.87. The smallest absolute Gasteiger partial charge is 0.320 e. The van der Waals surface area contributed by atoms with Gasteiger partial charge >= 0.3 is 11.9 Å². The molecule has 0 bridgehead atoms. The predicted octanol–water partition coefficient (Wildman–Crippen LogP) is 1.93. The Kier molecular flexibility index (Phi) is 6.28. The summed E-state index contributed by atoms with van der Waals surface area (Å²) in [6.45, 7) is 8.35. The third kappa shape index (κ3) is 5.59. The van der Waals surface area contributed by atoms with E-state index in [-0.39, 0.29) is 18.1 Å². The maximum atomic E-state index is 12.0. The molecule has 110 valence electrons. The fraction of sp³-hybridized carbons (Fsp3) is 0.857. The molecule has 0 amide bonds. The van der Waals surface area contributed by atoms with E-state index < -0.39 is 17.9 Å². The summed E-state index contributed by atoms with van der Waals surface area (Å²) in [5, 5.41) is 0. The van der Waals surface area contributed by atoms with E-state index >= 15 is 0 Å². The molecule has 1 unspecified atom stereocenters. The van der Waals surface area contributed by atoms with Gasteiger partial charge in [0.2, 0.25) is 0 Å². The van der Waals surface area contributed by atoms with Crippen molar-refractivity contribution in [2.45, 2.75) is 52.7 Å². The summed E-state index contributed by atoms with van der Waals surface area (Å²) in [6.07, 6.45) is 0.848. The highest BCUT2D eigenvalue weighted by atomic mass is 16.6. The first-order valence-corrected chi connectivity index (χ1v) is 6.88. The van der Waals surface area contributed by atoms with E-state index in [1.807, 2.05) is 0 Å². The van der Waals surface area contributed by atoms with Gasteiger partial charge in [-0.05, 0) is 46.5 Å². The molecule has 1 heterocycles. The number of esters is 2. The van der Waals surface area contributed by atoms with Crippen LogP contribution in [0, 0.1) is 11.8 Å². The highest BCUT2D eigenvalue weighted by Gasteiger charge is 2.34. The lowest BCUT2D eigenvalue weighted by Crippen LogP contribution is -2.32. The molecule has 1 saturated heterocycles. The second kappa shape index (κ2) is 7.48. The number of carbonyl (C=O) groups is 2. The summed E-state index contributed by atoms with van der Waals surface area (Å²) < 4.78 is 15.6. The summed E-state index contributed by atoms with van der Waals surface area (Å²) in [5.74, 6) is -1.60. The predicted molar refractivity (Wildman–Crippen MR) is 69.5 cm³/mol. The lowest BCUT2D eigenvalue weighted by atomic mass is 9.94. The van der Waals surface area contributed by atoms with Crippen LogP contribution < -0.4 is 0 Å². The van der Waals surface area contributed by atoms with Gasteiger partial charge in [-0.2, -0.15) is 0 Å². The number of hydrogen-bond acceptors (Lipinski definition) is 5. The van der Waals surface area contributed by atoms with Crippen molar-refractivity contribution in [3.63, 3.8) is 0 Å². The Hall–Kier alpha value is -1.10. The molecule has 0 aromatic carbocycles. The van der Waals surface area contributed by atoms with Crippen LogP contribution in [0.3, 0.4) is 0 Å². The van der Waals surface area contributed by atoms with Crippen molar-refractivity contribution >= 4 is 11.9 Å². The summed E-state index contributed by atoms with van der Waals surface area (Å²) in [6, 6.07) is 0. The number of hydrogen-bond donors (Lipinski definition) is 0. The zero-order chi connectivity index (χ0) is 14.4. The van der Waals surface area contributed by atoms with Gasteiger partial charge in [0.1, 0.15) is 0 Å². The normalized spacial score (nSPS) is 19.2. The molecule has 5 nitrogen and oxygen atoms in total. The van der Waals surface area contributed by atoms with Crippen molar-refractivity contribution in [2.24, 2.45) is 11.8 Å². The quantitative estimate of drug-likeness (QED) is 0.546. The van der Waals surface area contributed by atoms with Crippen LogP contribution in [0.2, 0.25) is 0 Å². The maximum Gasteiger partial charge on any atom is 0.320 e. The van der Waals surface area contributed by atoms with Crippen LogP contribution in [0.25, 0.3) is 0 Å². The van der Waals surface area contributed by atoms with Gasteiger partial charge in [0.05, 0.1) is 12.2 Å². The van der Waals surface area contributed by atoms with Crippen LogP contribution in [0.5, 0.6) is 0 Å².